The maximum absolute atomic E-state index is 13.4. The number of hydrazone groups is 1. The number of carbonyl (C=O) groups excluding carboxylic acids is 1. The second kappa shape index (κ2) is 8.04. The lowest BCUT2D eigenvalue weighted by molar-refractivity contribution is 0.104. The molecule has 6 heteroatoms. The Balaban J connectivity index is 1.64. The van der Waals surface area contributed by atoms with Crippen molar-refractivity contribution in [3.63, 3.8) is 0 Å². The summed E-state index contributed by atoms with van der Waals surface area (Å²) < 4.78 is 11.1. The topological polar surface area (TPSA) is 54.4 Å². The molecule has 2 aliphatic heterocycles. The molecule has 2 heterocycles. The molecule has 2 aliphatic rings. The minimum atomic E-state index is -0.232. The Kier molecular flexibility index (Phi) is 5.05. The van der Waals surface area contributed by atoms with Crippen molar-refractivity contribution in [3.8, 4) is 11.5 Å². The van der Waals surface area contributed by atoms with E-state index in [1.54, 1.807) is 14.2 Å². The van der Waals surface area contributed by atoms with Gasteiger partial charge < -0.3 is 14.4 Å². The number of ketones is 1. The number of aryl methyl sites for hydroxylation is 1. The molecule has 0 saturated heterocycles. The number of fused-ring (bicyclic) bond motifs is 3. The standard InChI is InChI=1S/C26H25N3O3/c1-17-9-11-20(12-10-17)29-26-21-16-23(32-3)22(31-2)15-19(21)13-14-28(26)25(27-29)24(30)18-7-5-4-6-8-18/h4-12,15-16,26H,13-14H2,1-3H3. The summed E-state index contributed by atoms with van der Waals surface area (Å²) >= 11 is 0. The third-order valence-corrected chi connectivity index (χ3v) is 6.08. The Labute approximate surface area is 187 Å². The lowest BCUT2D eigenvalue weighted by Gasteiger charge is -2.37. The number of carbonyl (C=O) groups is 1. The molecule has 1 unspecified atom stereocenters. The molecule has 6 nitrogen and oxygen atoms in total. The van der Waals surface area contributed by atoms with E-state index >= 15 is 0 Å². The van der Waals surface area contributed by atoms with Crippen molar-refractivity contribution >= 4 is 17.3 Å². The first-order valence-electron chi connectivity index (χ1n) is 10.7. The Morgan fingerprint density at radius 3 is 2.34 bits per heavy atom. The first-order valence-corrected chi connectivity index (χ1v) is 10.7. The second-order valence-corrected chi connectivity index (χ2v) is 8.02. The first kappa shape index (κ1) is 20.1. The van der Waals surface area contributed by atoms with Gasteiger partial charge in [0.15, 0.2) is 23.5 Å². The monoisotopic (exact) mass is 427 g/mol. The van der Waals surface area contributed by atoms with E-state index < -0.39 is 0 Å². The minimum absolute atomic E-state index is 0.0749. The summed E-state index contributed by atoms with van der Waals surface area (Å²) in [6.45, 7) is 2.74. The van der Waals surface area contributed by atoms with Crippen LogP contribution in [0.25, 0.3) is 0 Å². The van der Waals surface area contributed by atoms with E-state index in [1.807, 2.05) is 59.6 Å². The normalized spacial score (nSPS) is 16.8. The van der Waals surface area contributed by atoms with E-state index in [1.165, 1.54) is 11.1 Å². The summed E-state index contributed by atoms with van der Waals surface area (Å²) in [4.78, 5) is 15.5. The van der Waals surface area contributed by atoms with Gasteiger partial charge in [-0.05, 0) is 43.2 Å². The molecule has 1 atom stereocenters. The fraction of sp³-hybridized carbons (Fsp3) is 0.231. The van der Waals surface area contributed by atoms with Crippen LogP contribution >= 0.6 is 0 Å². The molecule has 5 rings (SSSR count). The Hall–Kier alpha value is -3.80. The molecule has 3 aromatic carbocycles. The number of nitrogens with zero attached hydrogens (tertiary/aromatic N) is 3. The zero-order chi connectivity index (χ0) is 22.2. The van der Waals surface area contributed by atoms with Crippen molar-refractivity contribution in [2.75, 3.05) is 25.8 Å². The SMILES string of the molecule is COc1cc2c(cc1OC)C1N(CC2)C(C(=O)c2ccccc2)=NN1c1ccc(C)cc1. The predicted molar refractivity (Wildman–Crippen MR) is 125 cm³/mol. The molecule has 162 valence electrons. The predicted octanol–water partition coefficient (Wildman–Crippen LogP) is 4.59. The average molecular weight is 428 g/mol. The van der Waals surface area contributed by atoms with Gasteiger partial charge in [-0.1, -0.05) is 48.0 Å². The molecule has 0 radical (unpaired) electrons. The summed E-state index contributed by atoms with van der Waals surface area (Å²) in [5.74, 6) is 1.76. The number of amidine groups is 1. The number of rotatable bonds is 5. The van der Waals surface area contributed by atoms with Crippen LogP contribution in [0.15, 0.2) is 71.8 Å². The molecular formula is C26H25N3O3. The zero-order valence-corrected chi connectivity index (χ0v) is 18.4. The van der Waals surface area contributed by atoms with Crippen molar-refractivity contribution < 1.29 is 14.3 Å². The van der Waals surface area contributed by atoms with Gasteiger partial charge in [-0.3, -0.25) is 4.79 Å². The highest BCUT2D eigenvalue weighted by molar-refractivity contribution is 6.45. The van der Waals surface area contributed by atoms with Gasteiger partial charge >= 0.3 is 0 Å². The van der Waals surface area contributed by atoms with Gasteiger partial charge in [-0.2, -0.15) is 0 Å². The van der Waals surface area contributed by atoms with Crippen molar-refractivity contribution in [1.29, 1.82) is 0 Å². The van der Waals surface area contributed by atoms with Gasteiger partial charge in [0.1, 0.15) is 0 Å². The summed E-state index contributed by atoms with van der Waals surface area (Å²) in [5, 5.41) is 6.80. The minimum Gasteiger partial charge on any atom is -0.493 e. The van der Waals surface area contributed by atoms with Crippen molar-refractivity contribution in [2.24, 2.45) is 5.10 Å². The van der Waals surface area contributed by atoms with Crippen LogP contribution in [-0.4, -0.2) is 37.3 Å². The highest BCUT2D eigenvalue weighted by Crippen LogP contribution is 2.44. The lowest BCUT2D eigenvalue weighted by atomic mass is 9.95. The van der Waals surface area contributed by atoms with Gasteiger partial charge in [-0.25, -0.2) is 5.01 Å². The quantitative estimate of drug-likeness (QED) is 0.558. The van der Waals surface area contributed by atoms with Crippen LogP contribution in [0.3, 0.4) is 0 Å². The van der Waals surface area contributed by atoms with Crippen LogP contribution in [-0.2, 0) is 6.42 Å². The van der Waals surface area contributed by atoms with Crippen LogP contribution in [0.2, 0.25) is 0 Å². The maximum Gasteiger partial charge on any atom is 0.229 e. The second-order valence-electron chi connectivity index (χ2n) is 8.02. The van der Waals surface area contributed by atoms with E-state index in [0.29, 0.717) is 29.4 Å². The molecule has 0 amide bonds. The van der Waals surface area contributed by atoms with E-state index in [0.717, 1.165) is 17.7 Å². The number of benzene rings is 3. The molecule has 0 aliphatic carbocycles. The molecule has 0 saturated carbocycles. The van der Waals surface area contributed by atoms with E-state index in [9.17, 15) is 4.79 Å². The highest BCUT2D eigenvalue weighted by Gasteiger charge is 2.43. The molecule has 3 aromatic rings. The number of methoxy groups -OCH3 is 2. The summed E-state index contributed by atoms with van der Waals surface area (Å²) in [6, 6.07) is 21.6. The summed E-state index contributed by atoms with van der Waals surface area (Å²) in [6.07, 6.45) is 0.554. The number of hydrogen-bond donors (Lipinski definition) is 0. The lowest BCUT2D eigenvalue weighted by Crippen LogP contribution is -2.42. The van der Waals surface area contributed by atoms with Crippen LogP contribution in [0.4, 0.5) is 5.69 Å². The number of hydrogen-bond acceptors (Lipinski definition) is 6. The average Bonchev–Trinajstić information content (AvgIpc) is 3.23. The van der Waals surface area contributed by atoms with Crippen molar-refractivity contribution in [2.45, 2.75) is 19.5 Å². The summed E-state index contributed by atoms with van der Waals surface area (Å²) in [5.41, 5.74) is 4.97. The van der Waals surface area contributed by atoms with E-state index in [2.05, 4.69) is 24.0 Å². The van der Waals surface area contributed by atoms with Gasteiger partial charge in [0, 0.05) is 17.7 Å². The zero-order valence-electron chi connectivity index (χ0n) is 18.4. The van der Waals surface area contributed by atoms with Crippen molar-refractivity contribution in [1.82, 2.24) is 4.90 Å². The van der Waals surface area contributed by atoms with Gasteiger partial charge in [0.05, 0.1) is 19.9 Å². The molecule has 0 N–H and O–H groups in total. The number of ether oxygens (including phenoxy) is 2. The highest BCUT2D eigenvalue weighted by atomic mass is 16.5. The molecule has 32 heavy (non-hydrogen) atoms. The molecule has 0 aromatic heterocycles. The largest absolute Gasteiger partial charge is 0.493 e. The molecule has 0 bridgehead atoms. The Morgan fingerprint density at radius 2 is 1.66 bits per heavy atom. The smallest absolute Gasteiger partial charge is 0.229 e. The fourth-order valence-electron chi connectivity index (χ4n) is 4.42. The van der Waals surface area contributed by atoms with Gasteiger partial charge in [0.25, 0.3) is 0 Å². The van der Waals surface area contributed by atoms with E-state index in [-0.39, 0.29) is 11.9 Å². The third-order valence-electron chi connectivity index (χ3n) is 6.08. The van der Waals surface area contributed by atoms with E-state index in [4.69, 9.17) is 14.6 Å². The Morgan fingerprint density at radius 1 is 0.969 bits per heavy atom. The van der Waals surface area contributed by atoms with Gasteiger partial charge in [0.2, 0.25) is 5.78 Å². The van der Waals surface area contributed by atoms with Crippen molar-refractivity contribution in [3.05, 3.63) is 89.0 Å². The van der Waals surface area contributed by atoms with Crippen LogP contribution in [0.1, 0.15) is 33.2 Å². The molecule has 0 spiro atoms. The van der Waals surface area contributed by atoms with Crippen LogP contribution < -0.4 is 14.5 Å². The Bertz CT molecular complexity index is 1190. The fourth-order valence-corrected chi connectivity index (χ4v) is 4.42. The summed E-state index contributed by atoms with van der Waals surface area (Å²) in [7, 11) is 3.28. The number of Topliss-reactive ketones (excluding diaryl/α,β-unsaturated/α-hetero) is 1. The first-order chi connectivity index (χ1) is 15.6. The third kappa shape index (κ3) is 3.28. The van der Waals surface area contributed by atoms with Crippen LogP contribution in [0, 0.1) is 6.92 Å². The number of anilines is 1. The van der Waals surface area contributed by atoms with Gasteiger partial charge in [-0.15, -0.1) is 5.10 Å². The molecule has 0 fully saturated rings. The van der Waals surface area contributed by atoms with Crippen LogP contribution in [0.5, 0.6) is 11.5 Å². The maximum atomic E-state index is 13.4. The molecular weight excluding hydrogens is 402 g/mol.